The Hall–Kier alpha value is -2.89. The summed E-state index contributed by atoms with van der Waals surface area (Å²) in [4.78, 5) is 24.7. The van der Waals surface area contributed by atoms with Gasteiger partial charge in [0.2, 0.25) is 0 Å². The Kier molecular flexibility index (Phi) is 3.45. The summed E-state index contributed by atoms with van der Waals surface area (Å²) >= 11 is 0. The monoisotopic (exact) mass is 323 g/mol. The topological polar surface area (TPSA) is 77.1 Å². The minimum absolute atomic E-state index is 0.0321. The molecule has 0 saturated heterocycles. The smallest absolute Gasteiger partial charge is 0.349 e. The van der Waals surface area contributed by atoms with E-state index in [-0.39, 0.29) is 11.6 Å². The first-order valence-corrected chi connectivity index (χ1v) is 7.98. The number of aryl methyl sites for hydroxylation is 1. The van der Waals surface area contributed by atoms with Gasteiger partial charge in [-0.15, -0.1) is 0 Å². The number of nitrogens with one attached hydrogen (secondary N) is 1. The highest BCUT2D eigenvalue weighted by Gasteiger charge is 2.26. The molecule has 1 N–H and O–H groups in total. The molecule has 122 valence electrons. The molecule has 0 saturated carbocycles. The van der Waals surface area contributed by atoms with Crippen molar-refractivity contribution < 1.29 is 9.21 Å². The molecule has 1 aliphatic carbocycles. The number of para-hydroxylation sites is 1. The number of rotatable bonds is 2. The Morgan fingerprint density at radius 2 is 2.21 bits per heavy atom. The molecule has 0 unspecified atom stereocenters. The van der Waals surface area contributed by atoms with E-state index >= 15 is 0 Å². The highest BCUT2D eigenvalue weighted by molar-refractivity contribution is 5.96. The predicted molar refractivity (Wildman–Crippen MR) is 88.8 cm³/mol. The van der Waals surface area contributed by atoms with Crippen LogP contribution in [0.3, 0.4) is 0 Å². The van der Waals surface area contributed by atoms with Crippen molar-refractivity contribution in [2.45, 2.75) is 25.3 Å². The highest BCUT2D eigenvalue weighted by atomic mass is 16.4. The second-order valence-corrected chi connectivity index (χ2v) is 6.07. The number of aromatic nitrogens is 2. The number of carbonyl (C=O) groups excluding carboxylic acids is 1. The van der Waals surface area contributed by atoms with Gasteiger partial charge in [-0.1, -0.05) is 18.2 Å². The summed E-state index contributed by atoms with van der Waals surface area (Å²) in [5.41, 5.74) is 2.06. The second-order valence-electron chi connectivity index (χ2n) is 6.07. The van der Waals surface area contributed by atoms with E-state index in [2.05, 4.69) is 10.4 Å². The van der Waals surface area contributed by atoms with Gasteiger partial charge in [-0.3, -0.25) is 9.48 Å². The van der Waals surface area contributed by atoms with E-state index in [4.69, 9.17) is 4.42 Å². The van der Waals surface area contributed by atoms with Crippen molar-refractivity contribution in [3.63, 3.8) is 0 Å². The van der Waals surface area contributed by atoms with Gasteiger partial charge in [-0.25, -0.2) is 4.79 Å². The quantitative estimate of drug-likeness (QED) is 0.734. The van der Waals surface area contributed by atoms with Crippen LogP contribution in [-0.2, 0) is 13.5 Å². The highest BCUT2D eigenvalue weighted by Crippen LogP contribution is 2.29. The van der Waals surface area contributed by atoms with Crippen LogP contribution < -0.4 is 10.9 Å². The number of fused-ring (bicyclic) bond motifs is 2. The minimum atomic E-state index is -0.617. The molecule has 1 aromatic carbocycles. The summed E-state index contributed by atoms with van der Waals surface area (Å²) in [5.74, 6) is -0.406. The fourth-order valence-corrected chi connectivity index (χ4v) is 3.31. The van der Waals surface area contributed by atoms with Gasteiger partial charge in [-0.2, -0.15) is 5.10 Å². The lowest BCUT2D eigenvalue weighted by atomic mass is 9.93. The van der Waals surface area contributed by atoms with Gasteiger partial charge in [0.1, 0.15) is 11.1 Å². The van der Waals surface area contributed by atoms with Crippen LogP contribution in [0.4, 0.5) is 0 Å². The standard InChI is InChI=1S/C18H17N3O3/c1-21-15-7-4-6-14(13(15)10-19-21)20-17(22)12-9-11-5-2-3-8-16(11)24-18(12)23/h2-3,5,8-10,14H,4,6-7H2,1H3,(H,20,22)/t14-/m0/s1. The van der Waals surface area contributed by atoms with Gasteiger partial charge in [-0.05, 0) is 31.4 Å². The molecular formula is C18H17N3O3. The number of amides is 1. The summed E-state index contributed by atoms with van der Waals surface area (Å²) < 4.78 is 7.09. The third-order valence-electron chi connectivity index (χ3n) is 4.57. The molecular weight excluding hydrogens is 306 g/mol. The van der Waals surface area contributed by atoms with E-state index in [0.29, 0.717) is 5.58 Å². The first kappa shape index (κ1) is 14.7. The molecule has 0 bridgehead atoms. The summed E-state index contributed by atoms with van der Waals surface area (Å²) in [5, 5.41) is 7.96. The molecule has 3 aromatic rings. The Balaban J connectivity index is 1.66. The Morgan fingerprint density at radius 1 is 1.38 bits per heavy atom. The normalized spacial score (nSPS) is 16.8. The summed E-state index contributed by atoms with van der Waals surface area (Å²) in [6, 6.07) is 8.62. The lowest BCUT2D eigenvalue weighted by molar-refractivity contribution is 0.0929. The fourth-order valence-electron chi connectivity index (χ4n) is 3.31. The van der Waals surface area contributed by atoms with Crippen LogP contribution in [0.2, 0.25) is 0 Å². The van der Waals surface area contributed by atoms with Gasteiger partial charge in [0.15, 0.2) is 0 Å². The molecule has 6 heteroatoms. The van der Waals surface area contributed by atoms with Crippen LogP contribution in [0.15, 0.2) is 45.7 Å². The van der Waals surface area contributed by atoms with Gasteiger partial charge >= 0.3 is 5.63 Å². The van der Waals surface area contributed by atoms with Crippen LogP contribution in [0.1, 0.15) is 40.5 Å². The van der Waals surface area contributed by atoms with E-state index in [1.807, 2.05) is 23.9 Å². The zero-order valence-electron chi connectivity index (χ0n) is 13.3. The van der Waals surface area contributed by atoms with E-state index in [0.717, 1.165) is 35.9 Å². The largest absolute Gasteiger partial charge is 0.422 e. The first-order valence-electron chi connectivity index (χ1n) is 7.98. The first-order chi connectivity index (χ1) is 11.6. The Labute approximate surface area is 138 Å². The number of benzene rings is 1. The van der Waals surface area contributed by atoms with Crippen LogP contribution in [0.5, 0.6) is 0 Å². The van der Waals surface area contributed by atoms with Crippen molar-refractivity contribution in [1.82, 2.24) is 15.1 Å². The molecule has 2 aromatic heterocycles. The molecule has 0 spiro atoms. The third-order valence-corrected chi connectivity index (χ3v) is 4.57. The maximum atomic E-state index is 12.6. The maximum absolute atomic E-state index is 12.6. The van der Waals surface area contributed by atoms with Crippen molar-refractivity contribution >= 4 is 16.9 Å². The SMILES string of the molecule is Cn1ncc2c1CCC[C@@H]2NC(=O)c1cc2ccccc2oc1=O. The van der Waals surface area contributed by atoms with Gasteiger partial charge in [0.05, 0.1) is 12.2 Å². The summed E-state index contributed by atoms with van der Waals surface area (Å²) in [7, 11) is 1.90. The maximum Gasteiger partial charge on any atom is 0.349 e. The van der Waals surface area contributed by atoms with Crippen LogP contribution in [0, 0.1) is 0 Å². The van der Waals surface area contributed by atoms with Crippen molar-refractivity contribution in [2.24, 2.45) is 7.05 Å². The van der Waals surface area contributed by atoms with Gasteiger partial charge in [0.25, 0.3) is 5.91 Å². The molecule has 0 radical (unpaired) electrons. The Morgan fingerprint density at radius 3 is 3.08 bits per heavy atom. The zero-order valence-corrected chi connectivity index (χ0v) is 13.3. The predicted octanol–water partition coefficient (Wildman–Crippen LogP) is 2.33. The van der Waals surface area contributed by atoms with Crippen LogP contribution in [0.25, 0.3) is 11.0 Å². The molecule has 1 aliphatic rings. The number of hydrogen-bond donors (Lipinski definition) is 1. The molecule has 6 nitrogen and oxygen atoms in total. The van der Waals surface area contributed by atoms with Crippen LogP contribution in [-0.4, -0.2) is 15.7 Å². The zero-order chi connectivity index (χ0) is 16.7. The van der Waals surface area contributed by atoms with Crippen molar-refractivity contribution in [1.29, 1.82) is 0 Å². The number of nitrogens with zero attached hydrogens (tertiary/aromatic N) is 2. The molecule has 1 amide bonds. The number of carbonyl (C=O) groups is 1. The van der Waals surface area contributed by atoms with E-state index < -0.39 is 11.5 Å². The van der Waals surface area contributed by atoms with Crippen molar-refractivity contribution in [2.75, 3.05) is 0 Å². The summed E-state index contributed by atoms with van der Waals surface area (Å²) in [6.45, 7) is 0. The average molecular weight is 323 g/mol. The third kappa shape index (κ3) is 2.40. The van der Waals surface area contributed by atoms with Gasteiger partial charge in [0, 0.05) is 23.7 Å². The van der Waals surface area contributed by atoms with Crippen LogP contribution >= 0.6 is 0 Å². The Bertz CT molecular complexity index is 987. The van der Waals surface area contributed by atoms with E-state index in [1.54, 1.807) is 24.4 Å². The summed E-state index contributed by atoms with van der Waals surface area (Å²) in [6.07, 6.45) is 4.56. The minimum Gasteiger partial charge on any atom is -0.422 e. The van der Waals surface area contributed by atoms with Crippen molar-refractivity contribution in [3.05, 3.63) is 63.8 Å². The van der Waals surface area contributed by atoms with Gasteiger partial charge < -0.3 is 9.73 Å². The van der Waals surface area contributed by atoms with Crippen molar-refractivity contribution in [3.8, 4) is 0 Å². The van der Waals surface area contributed by atoms with E-state index in [1.165, 1.54) is 0 Å². The number of hydrogen-bond acceptors (Lipinski definition) is 4. The molecule has 24 heavy (non-hydrogen) atoms. The molecule has 0 fully saturated rings. The van der Waals surface area contributed by atoms with E-state index in [9.17, 15) is 9.59 Å². The molecule has 4 rings (SSSR count). The molecule has 1 atom stereocenters. The fraction of sp³-hybridized carbons (Fsp3) is 0.278. The molecule has 2 heterocycles. The lowest BCUT2D eigenvalue weighted by Crippen LogP contribution is -2.33. The molecule has 0 aliphatic heterocycles. The lowest BCUT2D eigenvalue weighted by Gasteiger charge is -2.23. The second kappa shape index (κ2) is 5.63. The average Bonchev–Trinajstić information content (AvgIpc) is 2.96.